The van der Waals surface area contributed by atoms with Gasteiger partial charge in [-0.1, -0.05) is 12.8 Å². The number of hydrogen-bond donors (Lipinski definition) is 3. The molecule has 0 aromatic heterocycles. The lowest BCUT2D eigenvalue weighted by Crippen LogP contribution is -2.44. The predicted octanol–water partition coefficient (Wildman–Crippen LogP) is 1.00. The van der Waals surface area contributed by atoms with Crippen molar-refractivity contribution in [1.29, 1.82) is 0 Å². The lowest BCUT2D eigenvalue weighted by Gasteiger charge is -2.27. The average Bonchev–Trinajstić information content (AvgIpc) is 3.13. The Labute approximate surface area is 146 Å². The van der Waals surface area contributed by atoms with Gasteiger partial charge < -0.3 is 15.7 Å². The van der Waals surface area contributed by atoms with Gasteiger partial charge in [0.15, 0.2) is 0 Å². The standard InChI is InChI=1S/C17H25N3O5/c21-13(18-12-5-3-11(4-6-12)14(22)23)7-10-20-15(24)17(19-16(20)25)8-1-2-9-17/h11-12H,1-10H2,(H,18,21)(H,19,25)(H,22,23). The number of carbonyl (C=O) groups is 4. The molecule has 25 heavy (non-hydrogen) atoms. The molecule has 3 aliphatic rings. The van der Waals surface area contributed by atoms with Gasteiger partial charge in [-0.15, -0.1) is 0 Å². The molecule has 0 aromatic carbocycles. The summed E-state index contributed by atoms with van der Waals surface area (Å²) < 4.78 is 0. The maximum atomic E-state index is 12.5. The Morgan fingerprint density at radius 3 is 2.40 bits per heavy atom. The van der Waals surface area contributed by atoms with Crippen molar-refractivity contribution in [3.63, 3.8) is 0 Å². The number of carboxylic acids is 1. The van der Waals surface area contributed by atoms with Crippen LogP contribution in [-0.4, -0.2) is 51.9 Å². The van der Waals surface area contributed by atoms with Crippen LogP contribution in [0, 0.1) is 5.92 Å². The molecule has 0 radical (unpaired) electrons. The number of nitrogens with one attached hydrogen (secondary N) is 2. The zero-order valence-electron chi connectivity index (χ0n) is 14.3. The molecule has 8 heteroatoms. The van der Waals surface area contributed by atoms with E-state index in [2.05, 4.69) is 10.6 Å². The smallest absolute Gasteiger partial charge is 0.325 e. The van der Waals surface area contributed by atoms with E-state index in [0.717, 1.165) is 17.7 Å². The lowest BCUT2D eigenvalue weighted by atomic mass is 9.86. The molecule has 0 aromatic rings. The first-order valence-corrected chi connectivity index (χ1v) is 9.07. The molecule has 8 nitrogen and oxygen atoms in total. The van der Waals surface area contributed by atoms with Crippen molar-refractivity contribution in [2.75, 3.05) is 6.54 Å². The predicted molar refractivity (Wildman–Crippen MR) is 87.6 cm³/mol. The Bertz CT molecular complexity index is 577. The third-order valence-electron chi connectivity index (χ3n) is 5.71. The van der Waals surface area contributed by atoms with Crippen LogP contribution in [0.2, 0.25) is 0 Å². The van der Waals surface area contributed by atoms with Gasteiger partial charge in [0, 0.05) is 19.0 Å². The molecule has 0 bridgehead atoms. The molecule has 1 spiro atoms. The highest BCUT2D eigenvalue weighted by Crippen LogP contribution is 2.35. The monoisotopic (exact) mass is 351 g/mol. The van der Waals surface area contributed by atoms with Gasteiger partial charge in [0.25, 0.3) is 5.91 Å². The molecule has 2 saturated carbocycles. The van der Waals surface area contributed by atoms with E-state index >= 15 is 0 Å². The number of carbonyl (C=O) groups excluding carboxylic acids is 3. The fourth-order valence-electron chi connectivity index (χ4n) is 4.19. The second kappa shape index (κ2) is 7.01. The van der Waals surface area contributed by atoms with Crippen molar-refractivity contribution in [2.24, 2.45) is 5.92 Å². The summed E-state index contributed by atoms with van der Waals surface area (Å²) in [6, 6.07) is -0.422. The van der Waals surface area contributed by atoms with E-state index < -0.39 is 17.5 Å². The minimum absolute atomic E-state index is 0.0209. The number of aliphatic carboxylic acids is 1. The summed E-state index contributed by atoms with van der Waals surface area (Å²) in [4.78, 5) is 48.8. The molecule has 138 valence electrons. The van der Waals surface area contributed by atoms with E-state index in [9.17, 15) is 19.2 Å². The second-order valence-electron chi connectivity index (χ2n) is 7.38. The van der Waals surface area contributed by atoms with E-state index in [1.54, 1.807) is 0 Å². The highest BCUT2D eigenvalue weighted by Gasteiger charge is 2.52. The van der Waals surface area contributed by atoms with Crippen molar-refractivity contribution < 1.29 is 24.3 Å². The first-order chi connectivity index (χ1) is 11.9. The van der Waals surface area contributed by atoms with Crippen molar-refractivity contribution in [1.82, 2.24) is 15.5 Å². The van der Waals surface area contributed by atoms with Gasteiger partial charge in [0.2, 0.25) is 5.91 Å². The molecular formula is C17H25N3O5. The third kappa shape index (κ3) is 3.62. The summed E-state index contributed by atoms with van der Waals surface area (Å²) in [5, 5.41) is 14.7. The maximum absolute atomic E-state index is 12.5. The first-order valence-electron chi connectivity index (χ1n) is 9.07. The van der Waals surface area contributed by atoms with Crippen molar-refractivity contribution >= 4 is 23.8 Å². The fourth-order valence-corrected chi connectivity index (χ4v) is 4.19. The Kier molecular flexibility index (Phi) is 4.96. The van der Waals surface area contributed by atoms with Crippen LogP contribution < -0.4 is 10.6 Å². The molecule has 1 aliphatic heterocycles. The summed E-state index contributed by atoms with van der Waals surface area (Å²) in [5.74, 6) is -1.50. The SMILES string of the molecule is O=C(CCN1C(=O)NC2(CCCC2)C1=O)NC1CCC(C(=O)O)CC1. The summed E-state index contributed by atoms with van der Waals surface area (Å²) in [7, 11) is 0. The van der Waals surface area contributed by atoms with Gasteiger partial charge in [-0.25, -0.2) is 4.79 Å². The summed E-state index contributed by atoms with van der Waals surface area (Å²) >= 11 is 0. The summed E-state index contributed by atoms with van der Waals surface area (Å²) in [6.07, 6.45) is 5.71. The van der Waals surface area contributed by atoms with E-state index in [1.807, 2.05) is 0 Å². The highest BCUT2D eigenvalue weighted by atomic mass is 16.4. The molecule has 0 unspecified atom stereocenters. The van der Waals surface area contributed by atoms with Gasteiger partial charge >= 0.3 is 12.0 Å². The molecule has 3 rings (SSSR count). The minimum Gasteiger partial charge on any atom is -0.481 e. The van der Waals surface area contributed by atoms with Crippen LogP contribution in [0.25, 0.3) is 0 Å². The molecule has 1 heterocycles. The van der Waals surface area contributed by atoms with Crippen molar-refractivity contribution in [2.45, 2.75) is 69.4 Å². The minimum atomic E-state index is -0.774. The van der Waals surface area contributed by atoms with Gasteiger partial charge in [-0.2, -0.15) is 0 Å². The number of amides is 4. The Balaban J connectivity index is 1.44. The number of imide groups is 1. The van der Waals surface area contributed by atoms with Gasteiger partial charge in [-0.05, 0) is 38.5 Å². The molecular weight excluding hydrogens is 326 g/mol. The quantitative estimate of drug-likeness (QED) is 0.639. The van der Waals surface area contributed by atoms with Crippen LogP contribution in [0.15, 0.2) is 0 Å². The lowest BCUT2D eigenvalue weighted by molar-refractivity contribution is -0.142. The molecule has 1 saturated heterocycles. The van der Waals surface area contributed by atoms with Crippen LogP contribution in [0.5, 0.6) is 0 Å². The molecule has 0 atom stereocenters. The normalized spacial score (nSPS) is 28.2. The molecule has 3 fully saturated rings. The number of urea groups is 1. The molecule has 4 amide bonds. The van der Waals surface area contributed by atoms with E-state index in [0.29, 0.717) is 38.5 Å². The van der Waals surface area contributed by atoms with Crippen molar-refractivity contribution in [3.8, 4) is 0 Å². The van der Waals surface area contributed by atoms with Gasteiger partial charge in [-0.3, -0.25) is 19.3 Å². The highest BCUT2D eigenvalue weighted by molar-refractivity contribution is 6.07. The van der Waals surface area contributed by atoms with E-state index in [1.165, 1.54) is 0 Å². The number of hydrogen-bond acceptors (Lipinski definition) is 4. The van der Waals surface area contributed by atoms with Crippen LogP contribution in [0.4, 0.5) is 4.79 Å². The number of rotatable bonds is 5. The average molecular weight is 351 g/mol. The molecule has 3 N–H and O–H groups in total. The van der Waals surface area contributed by atoms with Crippen LogP contribution >= 0.6 is 0 Å². The summed E-state index contributed by atoms with van der Waals surface area (Å²) in [6.45, 7) is 0.0860. The largest absolute Gasteiger partial charge is 0.481 e. The second-order valence-corrected chi connectivity index (χ2v) is 7.38. The van der Waals surface area contributed by atoms with Crippen LogP contribution in [0.3, 0.4) is 0 Å². The first kappa shape index (κ1) is 17.7. The van der Waals surface area contributed by atoms with Crippen molar-refractivity contribution in [3.05, 3.63) is 0 Å². The zero-order valence-corrected chi connectivity index (χ0v) is 14.3. The number of carboxylic acid groups (broad SMARTS) is 1. The summed E-state index contributed by atoms with van der Waals surface area (Å²) in [5.41, 5.74) is -0.733. The van der Waals surface area contributed by atoms with E-state index in [-0.39, 0.29) is 36.7 Å². The Hall–Kier alpha value is -2.12. The van der Waals surface area contributed by atoms with Crippen LogP contribution in [-0.2, 0) is 14.4 Å². The van der Waals surface area contributed by atoms with Gasteiger partial charge in [0.05, 0.1) is 5.92 Å². The molecule has 2 aliphatic carbocycles. The maximum Gasteiger partial charge on any atom is 0.325 e. The third-order valence-corrected chi connectivity index (χ3v) is 5.71. The van der Waals surface area contributed by atoms with Crippen LogP contribution in [0.1, 0.15) is 57.8 Å². The Morgan fingerprint density at radius 2 is 1.80 bits per heavy atom. The zero-order chi connectivity index (χ0) is 18.0. The topological polar surface area (TPSA) is 116 Å². The number of nitrogens with zero attached hydrogens (tertiary/aromatic N) is 1. The fraction of sp³-hybridized carbons (Fsp3) is 0.765. The van der Waals surface area contributed by atoms with Gasteiger partial charge in [0.1, 0.15) is 5.54 Å². The van der Waals surface area contributed by atoms with E-state index in [4.69, 9.17) is 5.11 Å². The Morgan fingerprint density at radius 1 is 1.16 bits per heavy atom.